The maximum atomic E-state index is 12.4. The number of amides is 2. The van der Waals surface area contributed by atoms with Crippen LogP contribution in [0.1, 0.15) is 23.2 Å². The van der Waals surface area contributed by atoms with Gasteiger partial charge < -0.3 is 10.2 Å². The van der Waals surface area contributed by atoms with Gasteiger partial charge in [0, 0.05) is 18.7 Å². The van der Waals surface area contributed by atoms with Crippen molar-refractivity contribution in [3.63, 3.8) is 0 Å². The van der Waals surface area contributed by atoms with Gasteiger partial charge in [-0.2, -0.15) is 0 Å². The van der Waals surface area contributed by atoms with Crippen LogP contribution >= 0.6 is 0 Å². The monoisotopic (exact) mass is 282 g/mol. The third-order valence-electron chi connectivity index (χ3n) is 3.67. The van der Waals surface area contributed by atoms with E-state index in [0.717, 1.165) is 23.6 Å². The molecule has 0 radical (unpaired) electrons. The summed E-state index contributed by atoms with van der Waals surface area (Å²) in [6.07, 6.45) is 2.10. The van der Waals surface area contributed by atoms with Crippen LogP contribution in [-0.4, -0.2) is 36.3 Å². The highest BCUT2D eigenvalue weighted by Crippen LogP contribution is 2.19. The van der Waals surface area contributed by atoms with E-state index >= 15 is 0 Å². The number of carbonyl (C=O) groups excluding carboxylic acids is 2. The van der Waals surface area contributed by atoms with Gasteiger partial charge in [-0.15, -0.1) is 0 Å². The lowest BCUT2D eigenvalue weighted by molar-refractivity contribution is -0.121. The molecule has 1 aliphatic carbocycles. The van der Waals surface area contributed by atoms with E-state index in [2.05, 4.69) is 5.32 Å². The summed E-state index contributed by atoms with van der Waals surface area (Å²) in [5.74, 6) is -0.221. The van der Waals surface area contributed by atoms with E-state index in [4.69, 9.17) is 0 Å². The van der Waals surface area contributed by atoms with Crippen LogP contribution < -0.4 is 5.32 Å². The van der Waals surface area contributed by atoms with Crippen LogP contribution in [0.3, 0.4) is 0 Å². The van der Waals surface area contributed by atoms with Crippen molar-refractivity contribution in [1.29, 1.82) is 0 Å². The highest BCUT2D eigenvalue weighted by molar-refractivity contribution is 5.99. The van der Waals surface area contributed by atoms with Gasteiger partial charge in [0.25, 0.3) is 5.91 Å². The van der Waals surface area contributed by atoms with Crippen molar-refractivity contribution >= 4 is 22.6 Å². The molecule has 1 fully saturated rings. The number of carbonyl (C=O) groups is 2. The summed E-state index contributed by atoms with van der Waals surface area (Å²) < 4.78 is 0. The number of hydrogen-bond acceptors (Lipinski definition) is 2. The number of nitrogens with zero attached hydrogens (tertiary/aromatic N) is 1. The van der Waals surface area contributed by atoms with Gasteiger partial charge in [-0.25, -0.2) is 0 Å². The molecule has 2 aromatic carbocycles. The fourth-order valence-corrected chi connectivity index (χ4v) is 2.33. The van der Waals surface area contributed by atoms with Crippen molar-refractivity contribution in [3.8, 4) is 0 Å². The van der Waals surface area contributed by atoms with Gasteiger partial charge in [-0.05, 0) is 35.7 Å². The Morgan fingerprint density at radius 2 is 1.86 bits per heavy atom. The Balaban J connectivity index is 1.71. The van der Waals surface area contributed by atoms with Crippen LogP contribution in [0.4, 0.5) is 0 Å². The van der Waals surface area contributed by atoms with Crippen LogP contribution in [0.25, 0.3) is 10.8 Å². The molecule has 21 heavy (non-hydrogen) atoms. The Hall–Kier alpha value is -2.36. The van der Waals surface area contributed by atoms with Crippen LogP contribution in [0, 0.1) is 0 Å². The average Bonchev–Trinajstić information content (AvgIpc) is 3.29. The highest BCUT2D eigenvalue weighted by atomic mass is 16.2. The molecule has 2 amide bonds. The topological polar surface area (TPSA) is 49.4 Å². The summed E-state index contributed by atoms with van der Waals surface area (Å²) in [6.45, 7) is 0.0994. The van der Waals surface area contributed by atoms with Gasteiger partial charge in [0.2, 0.25) is 5.91 Å². The van der Waals surface area contributed by atoms with E-state index in [1.165, 1.54) is 4.90 Å². The minimum absolute atomic E-state index is 0.0888. The Kier molecular flexibility index (Phi) is 3.60. The third-order valence-corrected chi connectivity index (χ3v) is 3.67. The molecule has 0 aliphatic heterocycles. The summed E-state index contributed by atoms with van der Waals surface area (Å²) >= 11 is 0. The zero-order chi connectivity index (χ0) is 14.8. The zero-order valence-corrected chi connectivity index (χ0v) is 12.0. The van der Waals surface area contributed by atoms with Gasteiger partial charge in [-0.3, -0.25) is 9.59 Å². The van der Waals surface area contributed by atoms with Crippen molar-refractivity contribution in [2.24, 2.45) is 0 Å². The number of benzene rings is 2. The SMILES string of the molecule is CN(CC(=O)NC1CC1)C(=O)c1ccc2ccccc2c1. The summed E-state index contributed by atoms with van der Waals surface area (Å²) in [5, 5.41) is 5.02. The van der Waals surface area contributed by atoms with Crippen molar-refractivity contribution in [2.75, 3.05) is 13.6 Å². The largest absolute Gasteiger partial charge is 0.352 e. The Morgan fingerprint density at radius 1 is 1.14 bits per heavy atom. The van der Waals surface area contributed by atoms with E-state index in [1.807, 2.05) is 36.4 Å². The Morgan fingerprint density at radius 3 is 2.57 bits per heavy atom. The van der Waals surface area contributed by atoms with Gasteiger partial charge in [0.05, 0.1) is 6.54 Å². The molecular formula is C17H18N2O2. The standard InChI is InChI=1S/C17H18N2O2/c1-19(11-16(20)18-15-8-9-15)17(21)14-7-6-12-4-2-3-5-13(12)10-14/h2-7,10,15H,8-9,11H2,1H3,(H,18,20). The lowest BCUT2D eigenvalue weighted by Crippen LogP contribution is -2.39. The third kappa shape index (κ3) is 3.21. The smallest absolute Gasteiger partial charge is 0.254 e. The molecule has 4 nitrogen and oxygen atoms in total. The average molecular weight is 282 g/mol. The molecule has 1 N–H and O–H groups in total. The first-order valence-electron chi connectivity index (χ1n) is 7.17. The van der Waals surface area contributed by atoms with Gasteiger partial charge in [0.15, 0.2) is 0 Å². The molecule has 2 aromatic rings. The second-order valence-corrected chi connectivity index (χ2v) is 5.56. The number of likely N-dealkylation sites (N-methyl/N-ethyl adjacent to an activating group) is 1. The van der Waals surface area contributed by atoms with E-state index in [-0.39, 0.29) is 18.4 Å². The molecule has 3 rings (SSSR count). The van der Waals surface area contributed by atoms with E-state index in [1.54, 1.807) is 13.1 Å². The Bertz CT molecular complexity index is 692. The molecular weight excluding hydrogens is 264 g/mol. The fraction of sp³-hybridized carbons (Fsp3) is 0.294. The van der Waals surface area contributed by atoms with Crippen molar-refractivity contribution in [1.82, 2.24) is 10.2 Å². The maximum Gasteiger partial charge on any atom is 0.254 e. The molecule has 0 spiro atoms. The van der Waals surface area contributed by atoms with Crippen molar-refractivity contribution in [3.05, 3.63) is 48.0 Å². The summed E-state index contributed by atoms with van der Waals surface area (Å²) in [4.78, 5) is 25.6. The Labute approximate surface area is 123 Å². The van der Waals surface area contributed by atoms with Crippen LogP contribution in [0.15, 0.2) is 42.5 Å². The molecule has 4 heteroatoms. The summed E-state index contributed by atoms with van der Waals surface area (Å²) in [6, 6.07) is 13.8. The summed E-state index contributed by atoms with van der Waals surface area (Å²) in [5.41, 5.74) is 0.607. The minimum atomic E-state index is -0.133. The number of rotatable bonds is 4. The van der Waals surface area contributed by atoms with Crippen LogP contribution in [0.5, 0.6) is 0 Å². The molecule has 0 aromatic heterocycles. The number of fused-ring (bicyclic) bond motifs is 1. The first kappa shape index (κ1) is 13.6. The van der Waals surface area contributed by atoms with E-state index < -0.39 is 0 Å². The first-order chi connectivity index (χ1) is 10.1. The summed E-state index contributed by atoms with van der Waals surface area (Å²) in [7, 11) is 1.66. The maximum absolute atomic E-state index is 12.4. The normalized spacial score (nSPS) is 14.0. The van der Waals surface area contributed by atoms with E-state index in [0.29, 0.717) is 11.6 Å². The molecule has 0 unspecified atom stereocenters. The number of nitrogens with one attached hydrogen (secondary N) is 1. The highest BCUT2D eigenvalue weighted by Gasteiger charge is 2.24. The molecule has 0 atom stereocenters. The molecule has 0 bridgehead atoms. The number of hydrogen-bond donors (Lipinski definition) is 1. The van der Waals surface area contributed by atoms with E-state index in [9.17, 15) is 9.59 Å². The quantitative estimate of drug-likeness (QED) is 0.934. The molecule has 108 valence electrons. The first-order valence-corrected chi connectivity index (χ1v) is 7.17. The minimum Gasteiger partial charge on any atom is -0.352 e. The molecule has 0 saturated heterocycles. The van der Waals surface area contributed by atoms with Gasteiger partial charge in [-0.1, -0.05) is 30.3 Å². The van der Waals surface area contributed by atoms with Crippen LogP contribution in [0.2, 0.25) is 0 Å². The predicted molar refractivity (Wildman–Crippen MR) is 82.1 cm³/mol. The second-order valence-electron chi connectivity index (χ2n) is 5.56. The lowest BCUT2D eigenvalue weighted by atomic mass is 10.1. The zero-order valence-electron chi connectivity index (χ0n) is 12.0. The molecule has 0 heterocycles. The van der Waals surface area contributed by atoms with Crippen molar-refractivity contribution < 1.29 is 9.59 Å². The lowest BCUT2D eigenvalue weighted by Gasteiger charge is -2.17. The van der Waals surface area contributed by atoms with Gasteiger partial charge in [0.1, 0.15) is 0 Å². The van der Waals surface area contributed by atoms with Gasteiger partial charge >= 0.3 is 0 Å². The molecule has 1 saturated carbocycles. The second kappa shape index (κ2) is 5.56. The molecule has 1 aliphatic rings. The fourth-order valence-electron chi connectivity index (χ4n) is 2.33. The predicted octanol–water partition coefficient (Wildman–Crippen LogP) is 2.19. The van der Waals surface area contributed by atoms with Crippen LogP contribution in [-0.2, 0) is 4.79 Å². The van der Waals surface area contributed by atoms with Crippen molar-refractivity contribution in [2.45, 2.75) is 18.9 Å².